The van der Waals surface area contributed by atoms with Gasteiger partial charge in [-0.3, -0.25) is 0 Å². The Morgan fingerprint density at radius 2 is 1.83 bits per heavy atom. The fourth-order valence-corrected chi connectivity index (χ4v) is 2.66. The molecule has 5 nitrogen and oxygen atoms in total. The molecule has 0 atom stereocenters. The van der Waals surface area contributed by atoms with Crippen molar-refractivity contribution in [3.63, 3.8) is 0 Å². The Balaban J connectivity index is 1.63. The number of aromatic nitrogens is 3. The quantitative estimate of drug-likeness (QED) is 0.548. The minimum Gasteiger partial charge on any atom is -0.486 e. The van der Waals surface area contributed by atoms with E-state index in [1.54, 1.807) is 4.52 Å². The molecular weight excluding hydrogens is 326 g/mol. The first kappa shape index (κ1) is 14.8. The van der Waals surface area contributed by atoms with E-state index in [2.05, 4.69) is 10.1 Å². The third-order valence-electron chi connectivity index (χ3n) is 3.74. The second-order valence-corrected chi connectivity index (χ2v) is 5.73. The molecule has 0 radical (unpaired) electrons. The minimum atomic E-state index is 0.322. The molecule has 4 aromatic rings. The Kier molecular flexibility index (Phi) is 3.70. The molecule has 0 N–H and O–H groups in total. The Morgan fingerprint density at radius 3 is 2.58 bits per heavy atom. The number of aryl methyl sites for hydroxylation is 1. The Morgan fingerprint density at radius 1 is 1.08 bits per heavy atom. The summed E-state index contributed by atoms with van der Waals surface area (Å²) in [7, 11) is 0. The molecule has 6 heteroatoms. The molecule has 0 spiro atoms. The van der Waals surface area contributed by atoms with Gasteiger partial charge < -0.3 is 9.15 Å². The average Bonchev–Trinajstić information content (AvgIpc) is 3.14. The lowest BCUT2D eigenvalue weighted by molar-refractivity contribution is 0.272. The standard InChI is InChI=1S/C18H14ClN3O2/c1-12-16(11-23-13-7-3-2-4-8-13)24-18-20-17(21-22(12)18)14-9-5-6-10-15(14)19/h2-10H,11H2,1H3. The highest BCUT2D eigenvalue weighted by Gasteiger charge is 2.17. The van der Waals surface area contributed by atoms with Crippen LogP contribution in [0.5, 0.6) is 5.75 Å². The van der Waals surface area contributed by atoms with Gasteiger partial charge in [-0.1, -0.05) is 41.9 Å². The van der Waals surface area contributed by atoms with Crippen molar-refractivity contribution in [2.24, 2.45) is 0 Å². The molecule has 0 unspecified atom stereocenters. The van der Waals surface area contributed by atoms with E-state index in [-0.39, 0.29) is 0 Å². The van der Waals surface area contributed by atoms with Crippen LogP contribution in [0.15, 0.2) is 59.0 Å². The number of oxazole rings is 1. The molecular formula is C18H14ClN3O2. The molecule has 0 aliphatic heterocycles. The summed E-state index contributed by atoms with van der Waals surface area (Å²) in [5.41, 5.74) is 1.63. The number of para-hydroxylation sites is 1. The lowest BCUT2D eigenvalue weighted by Crippen LogP contribution is -1.98. The predicted molar refractivity (Wildman–Crippen MR) is 91.2 cm³/mol. The van der Waals surface area contributed by atoms with Crippen LogP contribution in [0, 0.1) is 6.92 Å². The van der Waals surface area contributed by atoms with Crippen LogP contribution >= 0.6 is 11.6 Å². The number of ether oxygens (including phenoxy) is 1. The van der Waals surface area contributed by atoms with Crippen molar-refractivity contribution in [1.29, 1.82) is 0 Å². The Labute approximate surface area is 143 Å². The molecule has 4 rings (SSSR count). The second kappa shape index (κ2) is 6.02. The van der Waals surface area contributed by atoms with Gasteiger partial charge in [0.05, 0.1) is 10.7 Å². The largest absolute Gasteiger partial charge is 0.486 e. The molecule has 2 aromatic carbocycles. The van der Waals surface area contributed by atoms with Gasteiger partial charge in [-0.15, -0.1) is 5.10 Å². The smallest absolute Gasteiger partial charge is 0.325 e. The summed E-state index contributed by atoms with van der Waals surface area (Å²) in [6.45, 7) is 2.24. The molecule has 24 heavy (non-hydrogen) atoms. The molecule has 0 fully saturated rings. The van der Waals surface area contributed by atoms with Gasteiger partial charge in [0, 0.05) is 5.56 Å². The normalized spacial score (nSPS) is 11.1. The fraction of sp³-hybridized carbons (Fsp3) is 0.111. The van der Waals surface area contributed by atoms with Crippen molar-refractivity contribution in [1.82, 2.24) is 14.6 Å². The number of benzene rings is 2. The minimum absolute atomic E-state index is 0.322. The molecule has 2 heterocycles. The number of nitrogens with zero attached hydrogens (tertiary/aromatic N) is 3. The average molecular weight is 340 g/mol. The maximum Gasteiger partial charge on any atom is 0.325 e. The lowest BCUT2D eigenvalue weighted by Gasteiger charge is -2.03. The van der Waals surface area contributed by atoms with E-state index in [0.29, 0.717) is 29.1 Å². The first-order valence-electron chi connectivity index (χ1n) is 7.50. The monoisotopic (exact) mass is 339 g/mol. The molecule has 120 valence electrons. The van der Waals surface area contributed by atoms with E-state index >= 15 is 0 Å². The van der Waals surface area contributed by atoms with E-state index in [1.165, 1.54) is 0 Å². The van der Waals surface area contributed by atoms with E-state index in [4.69, 9.17) is 20.8 Å². The third kappa shape index (κ3) is 2.63. The van der Waals surface area contributed by atoms with Crippen LogP contribution in [-0.4, -0.2) is 14.6 Å². The van der Waals surface area contributed by atoms with E-state index in [0.717, 1.165) is 17.0 Å². The third-order valence-corrected chi connectivity index (χ3v) is 4.07. The maximum atomic E-state index is 6.20. The summed E-state index contributed by atoms with van der Waals surface area (Å²) in [6.07, 6.45) is 0. The van der Waals surface area contributed by atoms with Crippen molar-refractivity contribution >= 4 is 17.4 Å². The Hall–Kier alpha value is -2.79. The summed E-state index contributed by atoms with van der Waals surface area (Å²) < 4.78 is 13.2. The van der Waals surface area contributed by atoms with Crippen LogP contribution in [0.4, 0.5) is 0 Å². The zero-order valence-electron chi connectivity index (χ0n) is 12.9. The van der Waals surface area contributed by atoms with Crippen molar-refractivity contribution < 1.29 is 9.15 Å². The number of rotatable bonds is 4. The fourth-order valence-electron chi connectivity index (χ4n) is 2.44. The van der Waals surface area contributed by atoms with Gasteiger partial charge >= 0.3 is 5.84 Å². The maximum absolute atomic E-state index is 6.20. The van der Waals surface area contributed by atoms with Gasteiger partial charge in [-0.2, -0.15) is 9.50 Å². The molecule has 0 aliphatic carbocycles. The highest BCUT2D eigenvalue weighted by molar-refractivity contribution is 6.33. The topological polar surface area (TPSA) is 52.6 Å². The van der Waals surface area contributed by atoms with Crippen molar-refractivity contribution in [2.45, 2.75) is 13.5 Å². The zero-order chi connectivity index (χ0) is 16.5. The first-order valence-corrected chi connectivity index (χ1v) is 7.88. The van der Waals surface area contributed by atoms with Crippen LogP contribution in [0.3, 0.4) is 0 Å². The lowest BCUT2D eigenvalue weighted by atomic mass is 10.2. The number of hydrogen-bond donors (Lipinski definition) is 0. The molecule has 0 saturated carbocycles. The van der Waals surface area contributed by atoms with Crippen LogP contribution in [-0.2, 0) is 6.61 Å². The van der Waals surface area contributed by atoms with Crippen molar-refractivity contribution in [2.75, 3.05) is 0 Å². The number of fused-ring (bicyclic) bond motifs is 1. The van der Waals surface area contributed by atoms with Crippen LogP contribution in [0.1, 0.15) is 11.5 Å². The number of hydrogen-bond acceptors (Lipinski definition) is 4. The van der Waals surface area contributed by atoms with Crippen LogP contribution in [0.25, 0.3) is 17.2 Å². The van der Waals surface area contributed by atoms with E-state index in [1.807, 2.05) is 61.5 Å². The van der Waals surface area contributed by atoms with Gasteiger partial charge in [0.1, 0.15) is 12.4 Å². The summed E-state index contributed by atoms with van der Waals surface area (Å²) in [4.78, 5) is 4.43. The summed E-state index contributed by atoms with van der Waals surface area (Å²) in [5, 5.41) is 5.10. The SMILES string of the molecule is Cc1c(COc2ccccc2)oc2nc(-c3ccccc3Cl)nn12. The van der Waals surface area contributed by atoms with Gasteiger partial charge in [-0.25, -0.2) is 0 Å². The molecule has 0 aliphatic rings. The highest BCUT2D eigenvalue weighted by Crippen LogP contribution is 2.26. The van der Waals surface area contributed by atoms with Crippen molar-refractivity contribution in [3.8, 4) is 17.1 Å². The zero-order valence-corrected chi connectivity index (χ0v) is 13.7. The Bertz CT molecular complexity index is 992. The van der Waals surface area contributed by atoms with Crippen molar-refractivity contribution in [3.05, 3.63) is 71.1 Å². The molecule has 0 amide bonds. The summed E-state index contributed by atoms with van der Waals surface area (Å²) >= 11 is 6.20. The van der Waals surface area contributed by atoms with Crippen LogP contribution < -0.4 is 4.74 Å². The van der Waals surface area contributed by atoms with Gasteiger partial charge in [0.2, 0.25) is 0 Å². The van der Waals surface area contributed by atoms with Gasteiger partial charge in [0.15, 0.2) is 11.6 Å². The summed E-state index contributed by atoms with van der Waals surface area (Å²) in [6, 6.07) is 17.1. The molecule has 0 bridgehead atoms. The van der Waals surface area contributed by atoms with Crippen LogP contribution in [0.2, 0.25) is 5.02 Å². The number of halogens is 1. The van der Waals surface area contributed by atoms with E-state index < -0.39 is 0 Å². The predicted octanol–water partition coefficient (Wildman–Crippen LogP) is 4.53. The molecule has 0 saturated heterocycles. The second-order valence-electron chi connectivity index (χ2n) is 5.32. The van der Waals surface area contributed by atoms with Gasteiger partial charge in [0.25, 0.3) is 0 Å². The van der Waals surface area contributed by atoms with E-state index in [9.17, 15) is 0 Å². The highest BCUT2D eigenvalue weighted by atomic mass is 35.5. The summed E-state index contributed by atoms with van der Waals surface area (Å²) in [5.74, 6) is 2.45. The molecule has 2 aromatic heterocycles. The van der Waals surface area contributed by atoms with Gasteiger partial charge in [-0.05, 0) is 31.2 Å². The first-order chi connectivity index (χ1) is 11.7.